The molecule has 0 saturated carbocycles. The summed E-state index contributed by atoms with van der Waals surface area (Å²) in [5.41, 5.74) is 6.98. The summed E-state index contributed by atoms with van der Waals surface area (Å²) in [6, 6.07) is 10.3. The first-order valence-corrected chi connectivity index (χ1v) is 6.77. The van der Waals surface area contributed by atoms with E-state index in [0.717, 1.165) is 10.0 Å². The van der Waals surface area contributed by atoms with Gasteiger partial charge >= 0.3 is 0 Å². The second-order valence-corrected chi connectivity index (χ2v) is 5.39. The summed E-state index contributed by atoms with van der Waals surface area (Å²) < 4.78 is 20.2. The minimum atomic E-state index is -0.396. The lowest BCUT2D eigenvalue weighted by Gasteiger charge is -2.12. The number of hydrogen-bond acceptors (Lipinski definition) is 2. The van der Waals surface area contributed by atoms with E-state index in [1.165, 1.54) is 12.1 Å². The van der Waals surface area contributed by atoms with Crippen LogP contribution in [0.1, 0.15) is 5.56 Å². The summed E-state index contributed by atoms with van der Waals surface area (Å²) >= 11 is 6.67. The topological polar surface area (TPSA) is 35.2 Å². The molecular weight excluding hydrogens is 365 g/mol. The number of nitrogen functional groups attached to an aromatic ring is 1. The van der Waals surface area contributed by atoms with E-state index in [1.807, 2.05) is 24.3 Å². The lowest BCUT2D eigenvalue weighted by atomic mass is 10.2. The Morgan fingerprint density at radius 3 is 2.50 bits per heavy atom. The van der Waals surface area contributed by atoms with Crippen molar-refractivity contribution in [3.05, 3.63) is 56.7 Å². The Kier molecular flexibility index (Phi) is 4.24. The van der Waals surface area contributed by atoms with Gasteiger partial charge in [0.25, 0.3) is 0 Å². The molecule has 0 aliphatic carbocycles. The summed E-state index contributed by atoms with van der Waals surface area (Å²) in [6.07, 6.45) is 0. The van der Waals surface area contributed by atoms with Crippen LogP contribution in [0.3, 0.4) is 0 Å². The summed E-state index contributed by atoms with van der Waals surface area (Å²) in [5.74, 6) is 0.0553. The molecule has 0 radical (unpaired) electrons. The molecule has 0 aliphatic heterocycles. The summed E-state index contributed by atoms with van der Waals surface area (Å²) in [7, 11) is 0. The van der Waals surface area contributed by atoms with Gasteiger partial charge in [0.2, 0.25) is 0 Å². The first kappa shape index (κ1) is 13.4. The number of halogens is 3. The second-order valence-electron chi connectivity index (χ2n) is 3.69. The quantitative estimate of drug-likeness (QED) is 0.802. The zero-order valence-corrected chi connectivity index (χ0v) is 12.5. The van der Waals surface area contributed by atoms with Crippen LogP contribution in [0.15, 0.2) is 45.3 Å². The van der Waals surface area contributed by atoms with Crippen molar-refractivity contribution in [2.75, 3.05) is 5.73 Å². The molecule has 94 valence electrons. The van der Waals surface area contributed by atoms with Crippen molar-refractivity contribution in [2.24, 2.45) is 0 Å². The first-order valence-electron chi connectivity index (χ1n) is 5.18. The van der Waals surface area contributed by atoms with Crippen LogP contribution in [0.25, 0.3) is 0 Å². The van der Waals surface area contributed by atoms with Gasteiger partial charge in [0.1, 0.15) is 12.4 Å². The van der Waals surface area contributed by atoms with Gasteiger partial charge in [0, 0.05) is 16.1 Å². The highest BCUT2D eigenvalue weighted by atomic mass is 79.9. The Morgan fingerprint density at radius 2 is 1.83 bits per heavy atom. The third-order valence-corrected chi connectivity index (χ3v) is 3.73. The monoisotopic (exact) mass is 373 g/mol. The fourth-order valence-electron chi connectivity index (χ4n) is 1.50. The van der Waals surface area contributed by atoms with Crippen LogP contribution in [0, 0.1) is 5.82 Å². The molecule has 18 heavy (non-hydrogen) atoms. The van der Waals surface area contributed by atoms with E-state index in [2.05, 4.69) is 31.9 Å². The van der Waals surface area contributed by atoms with E-state index in [4.69, 9.17) is 10.5 Å². The molecule has 0 heterocycles. The minimum absolute atomic E-state index is 0.272. The highest BCUT2D eigenvalue weighted by Gasteiger charge is 2.09. The first-order chi connectivity index (χ1) is 8.58. The number of ether oxygens (including phenoxy) is 1. The van der Waals surface area contributed by atoms with Gasteiger partial charge in [0.15, 0.2) is 5.75 Å². The van der Waals surface area contributed by atoms with Gasteiger partial charge in [-0.3, -0.25) is 0 Å². The highest BCUT2D eigenvalue weighted by Crippen LogP contribution is 2.33. The maximum Gasteiger partial charge on any atom is 0.157 e. The molecule has 0 saturated heterocycles. The third kappa shape index (κ3) is 3.03. The zero-order valence-electron chi connectivity index (χ0n) is 9.29. The number of benzene rings is 2. The molecule has 2 nitrogen and oxygen atoms in total. The van der Waals surface area contributed by atoms with Gasteiger partial charge in [-0.15, -0.1) is 0 Å². The van der Waals surface area contributed by atoms with Crippen LogP contribution >= 0.6 is 31.9 Å². The molecule has 0 aliphatic rings. The summed E-state index contributed by atoms with van der Waals surface area (Å²) in [5, 5.41) is 0. The van der Waals surface area contributed by atoms with Gasteiger partial charge in [-0.05, 0) is 28.1 Å². The van der Waals surface area contributed by atoms with Crippen molar-refractivity contribution in [3.8, 4) is 5.75 Å². The van der Waals surface area contributed by atoms with Crippen molar-refractivity contribution >= 4 is 37.5 Å². The molecule has 0 atom stereocenters. The van der Waals surface area contributed by atoms with Crippen LogP contribution in [0.5, 0.6) is 5.75 Å². The number of anilines is 1. The smallest absolute Gasteiger partial charge is 0.157 e. The van der Waals surface area contributed by atoms with E-state index in [-0.39, 0.29) is 5.69 Å². The van der Waals surface area contributed by atoms with Crippen LogP contribution in [0.2, 0.25) is 0 Å². The van der Waals surface area contributed by atoms with Gasteiger partial charge in [0.05, 0.1) is 10.2 Å². The van der Waals surface area contributed by atoms with Crippen molar-refractivity contribution in [1.29, 1.82) is 0 Å². The molecule has 0 aromatic heterocycles. The van der Waals surface area contributed by atoms with Crippen LogP contribution in [0.4, 0.5) is 10.1 Å². The Hall–Kier alpha value is -1.07. The molecule has 2 rings (SSSR count). The lowest BCUT2D eigenvalue weighted by Crippen LogP contribution is -2.00. The molecule has 0 spiro atoms. The Balaban J connectivity index is 2.19. The van der Waals surface area contributed by atoms with Gasteiger partial charge in [-0.1, -0.05) is 34.1 Å². The van der Waals surface area contributed by atoms with Crippen LogP contribution in [-0.2, 0) is 6.61 Å². The Labute approximate surface area is 121 Å². The zero-order chi connectivity index (χ0) is 13.1. The normalized spacial score (nSPS) is 10.4. The van der Waals surface area contributed by atoms with Crippen molar-refractivity contribution in [2.45, 2.75) is 6.61 Å². The minimum Gasteiger partial charge on any atom is -0.486 e. The summed E-state index contributed by atoms with van der Waals surface area (Å²) in [4.78, 5) is 0. The molecular formula is C13H10Br2FNO. The Morgan fingerprint density at radius 1 is 1.11 bits per heavy atom. The predicted molar refractivity (Wildman–Crippen MR) is 77.0 cm³/mol. The SMILES string of the molecule is Nc1cc(F)cc(Br)c1OCc1ccccc1Br. The Bertz CT molecular complexity index is 552. The summed E-state index contributed by atoms with van der Waals surface area (Å²) in [6.45, 7) is 0.357. The second kappa shape index (κ2) is 5.71. The van der Waals surface area contributed by atoms with Crippen molar-refractivity contribution in [3.63, 3.8) is 0 Å². The van der Waals surface area contributed by atoms with E-state index in [0.29, 0.717) is 16.8 Å². The number of nitrogens with two attached hydrogens (primary N) is 1. The van der Waals surface area contributed by atoms with E-state index >= 15 is 0 Å². The fraction of sp³-hybridized carbons (Fsp3) is 0.0769. The molecule has 2 aromatic rings. The third-order valence-electron chi connectivity index (χ3n) is 2.37. The maximum atomic E-state index is 13.1. The predicted octanol–water partition coefficient (Wildman–Crippen LogP) is 4.51. The van der Waals surface area contributed by atoms with Crippen LogP contribution < -0.4 is 10.5 Å². The maximum absolute atomic E-state index is 13.1. The molecule has 0 fully saturated rings. The van der Waals surface area contributed by atoms with Gasteiger partial charge in [-0.25, -0.2) is 4.39 Å². The molecule has 2 N–H and O–H groups in total. The highest BCUT2D eigenvalue weighted by molar-refractivity contribution is 9.10. The van der Waals surface area contributed by atoms with Crippen molar-refractivity contribution < 1.29 is 9.13 Å². The standard InChI is InChI=1S/C13H10Br2FNO/c14-10-4-2-1-3-8(10)7-18-13-11(15)5-9(16)6-12(13)17/h1-6H,7,17H2. The number of rotatable bonds is 3. The molecule has 0 amide bonds. The fourth-order valence-corrected chi connectivity index (χ4v) is 2.46. The van der Waals surface area contributed by atoms with Gasteiger partial charge in [-0.2, -0.15) is 0 Å². The van der Waals surface area contributed by atoms with Gasteiger partial charge < -0.3 is 10.5 Å². The van der Waals surface area contributed by atoms with E-state index in [9.17, 15) is 4.39 Å². The van der Waals surface area contributed by atoms with E-state index in [1.54, 1.807) is 0 Å². The largest absolute Gasteiger partial charge is 0.486 e. The molecule has 0 unspecified atom stereocenters. The molecule has 0 bridgehead atoms. The number of hydrogen-bond donors (Lipinski definition) is 1. The lowest BCUT2D eigenvalue weighted by molar-refractivity contribution is 0.305. The van der Waals surface area contributed by atoms with Crippen LogP contribution in [-0.4, -0.2) is 0 Å². The average molecular weight is 375 g/mol. The average Bonchev–Trinajstić information content (AvgIpc) is 2.30. The molecule has 2 aromatic carbocycles. The van der Waals surface area contributed by atoms with Crippen molar-refractivity contribution in [1.82, 2.24) is 0 Å². The molecule has 5 heteroatoms. The van der Waals surface area contributed by atoms with E-state index < -0.39 is 5.82 Å².